The van der Waals surface area contributed by atoms with Gasteiger partial charge >= 0.3 is 0 Å². The summed E-state index contributed by atoms with van der Waals surface area (Å²) >= 11 is 5.89. The van der Waals surface area contributed by atoms with Crippen LogP contribution in [0.15, 0.2) is 36.4 Å². The molecule has 2 aromatic rings. The van der Waals surface area contributed by atoms with Crippen molar-refractivity contribution in [3.05, 3.63) is 58.4 Å². The molecule has 4 heteroatoms. The first-order valence-corrected chi connectivity index (χ1v) is 6.34. The molecule has 1 aromatic heterocycles. The third-order valence-corrected chi connectivity index (χ3v) is 3.14. The molecule has 98 valence electrons. The van der Waals surface area contributed by atoms with Crippen molar-refractivity contribution in [1.82, 2.24) is 4.98 Å². The largest absolute Gasteiger partial charge is 0.311 e. The third-order valence-electron chi connectivity index (χ3n) is 2.95. The van der Waals surface area contributed by atoms with Gasteiger partial charge in [0, 0.05) is 24.0 Å². The minimum atomic E-state index is -0.0956. The minimum absolute atomic E-state index is 0.0956. The predicted octanol–water partition coefficient (Wildman–Crippen LogP) is 3.63. The van der Waals surface area contributed by atoms with Gasteiger partial charge in [0.05, 0.1) is 0 Å². The van der Waals surface area contributed by atoms with Crippen LogP contribution in [0.5, 0.6) is 0 Å². The van der Waals surface area contributed by atoms with E-state index in [4.69, 9.17) is 11.6 Å². The quantitative estimate of drug-likeness (QED) is 0.784. The van der Waals surface area contributed by atoms with Crippen LogP contribution in [0.1, 0.15) is 21.6 Å². The van der Waals surface area contributed by atoms with Crippen LogP contribution in [0, 0.1) is 13.8 Å². The van der Waals surface area contributed by atoms with Gasteiger partial charge in [0.15, 0.2) is 0 Å². The Morgan fingerprint density at radius 1 is 1.21 bits per heavy atom. The molecule has 1 heterocycles. The Bertz CT molecular complexity index is 605. The molecule has 0 bridgehead atoms. The predicted molar refractivity (Wildman–Crippen MR) is 77.9 cm³/mol. The molecule has 19 heavy (non-hydrogen) atoms. The number of aromatic nitrogens is 1. The second kappa shape index (κ2) is 5.41. The number of nitrogens with zero attached hydrogens (tertiary/aromatic N) is 2. The van der Waals surface area contributed by atoms with Crippen molar-refractivity contribution in [3.63, 3.8) is 0 Å². The van der Waals surface area contributed by atoms with Crippen molar-refractivity contribution in [2.24, 2.45) is 0 Å². The molecule has 0 unspecified atom stereocenters. The van der Waals surface area contributed by atoms with E-state index in [-0.39, 0.29) is 5.91 Å². The zero-order valence-electron chi connectivity index (χ0n) is 11.1. The first kappa shape index (κ1) is 13.6. The number of pyridine rings is 1. The number of carbonyl (C=O) groups excluding carboxylic acids is 1. The van der Waals surface area contributed by atoms with Gasteiger partial charge in [0.1, 0.15) is 5.15 Å². The molecule has 1 aromatic carbocycles. The Morgan fingerprint density at radius 3 is 2.53 bits per heavy atom. The number of halogens is 1. The molecule has 0 N–H and O–H groups in total. The van der Waals surface area contributed by atoms with Crippen molar-refractivity contribution in [3.8, 4) is 0 Å². The Balaban J connectivity index is 2.36. The lowest BCUT2D eigenvalue weighted by molar-refractivity contribution is 0.0992. The van der Waals surface area contributed by atoms with Crippen molar-refractivity contribution < 1.29 is 4.79 Å². The summed E-state index contributed by atoms with van der Waals surface area (Å²) in [6.07, 6.45) is 0. The fraction of sp³-hybridized carbons (Fsp3) is 0.200. The lowest BCUT2D eigenvalue weighted by atomic mass is 10.1. The number of amides is 1. The van der Waals surface area contributed by atoms with Crippen molar-refractivity contribution in [2.75, 3.05) is 11.9 Å². The summed E-state index contributed by atoms with van der Waals surface area (Å²) in [5.74, 6) is -0.0956. The Hall–Kier alpha value is -1.87. The normalized spacial score (nSPS) is 10.3. The van der Waals surface area contributed by atoms with Crippen LogP contribution < -0.4 is 4.90 Å². The van der Waals surface area contributed by atoms with E-state index in [1.165, 1.54) is 0 Å². The molecule has 0 fully saturated rings. The van der Waals surface area contributed by atoms with E-state index in [0.717, 1.165) is 16.9 Å². The van der Waals surface area contributed by atoms with Crippen LogP contribution in [0.3, 0.4) is 0 Å². The minimum Gasteiger partial charge on any atom is -0.311 e. The Labute approximate surface area is 117 Å². The van der Waals surface area contributed by atoms with Gasteiger partial charge in [0.25, 0.3) is 5.91 Å². The fourth-order valence-electron chi connectivity index (χ4n) is 1.99. The van der Waals surface area contributed by atoms with E-state index in [9.17, 15) is 4.79 Å². The first-order chi connectivity index (χ1) is 8.99. The summed E-state index contributed by atoms with van der Waals surface area (Å²) in [6, 6.07) is 11.1. The zero-order chi connectivity index (χ0) is 14.0. The van der Waals surface area contributed by atoms with Gasteiger partial charge in [-0.05, 0) is 37.6 Å². The molecular formula is C15H15ClN2O. The molecule has 0 spiro atoms. The molecular weight excluding hydrogens is 260 g/mol. The average Bonchev–Trinajstić information content (AvgIpc) is 2.36. The zero-order valence-corrected chi connectivity index (χ0v) is 11.9. The van der Waals surface area contributed by atoms with Gasteiger partial charge in [-0.3, -0.25) is 4.79 Å². The van der Waals surface area contributed by atoms with Gasteiger partial charge < -0.3 is 4.90 Å². The Morgan fingerprint density at radius 2 is 1.89 bits per heavy atom. The molecule has 0 radical (unpaired) electrons. The van der Waals surface area contributed by atoms with Crippen LogP contribution in [0.25, 0.3) is 0 Å². The van der Waals surface area contributed by atoms with Crippen LogP contribution in [-0.4, -0.2) is 17.9 Å². The molecule has 0 aliphatic heterocycles. The van der Waals surface area contributed by atoms with E-state index in [1.807, 2.05) is 38.1 Å². The second-order valence-corrected chi connectivity index (χ2v) is 4.86. The maximum atomic E-state index is 12.4. The molecule has 0 saturated heterocycles. The lowest BCUT2D eigenvalue weighted by Crippen LogP contribution is -2.27. The van der Waals surface area contributed by atoms with E-state index < -0.39 is 0 Å². The van der Waals surface area contributed by atoms with Crippen molar-refractivity contribution in [1.29, 1.82) is 0 Å². The summed E-state index contributed by atoms with van der Waals surface area (Å²) in [4.78, 5) is 18.1. The summed E-state index contributed by atoms with van der Waals surface area (Å²) in [5, 5.41) is 0.335. The molecule has 0 atom stereocenters. The summed E-state index contributed by atoms with van der Waals surface area (Å²) in [6.45, 7) is 3.79. The number of hydrogen-bond acceptors (Lipinski definition) is 2. The lowest BCUT2D eigenvalue weighted by Gasteiger charge is -2.19. The number of carbonyl (C=O) groups is 1. The summed E-state index contributed by atoms with van der Waals surface area (Å²) < 4.78 is 0. The number of anilines is 1. The van der Waals surface area contributed by atoms with Gasteiger partial charge in [-0.2, -0.15) is 0 Å². The standard InChI is InChI=1S/C15H15ClN2O/c1-10-6-4-5-7-13(10)18(3)15(19)12-8-11(2)17-14(16)9-12/h4-9H,1-3H3. The van der Waals surface area contributed by atoms with E-state index >= 15 is 0 Å². The highest BCUT2D eigenvalue weighted by Gasteiger charge is 2.16. The number of benzene rings is 1. The van der Waals surface area contributed by atoms with Crippen LogP contribution in [0.4, 0.5) is 5.69 Å². The van der Waals surface area contributed by atoms with Gasteiger partial charge in [-0.1, -0.05) is 29.8 Å². The highest BCUT2D eigenvalue weighted by atomic mass is 35.5. The summed E-state index contributed by atoms with van der Waals surface area (Å²) in [5.41, 5.74) is 3.21. The van der Waals surface area contributed by atoms with Crippen molar-refractivity contribution >= 4 is 23.2 Å². The summed E-state index contributed by atoms with van der Waals surface area (Å²) in [7, 11) is 1.76. The van der Waals surface area contributed by atoms with Crippen molar-refractivity contribution in [2.45, 2.75) is 13.8 Å². The first-order valence-electron chi connectivity index (χ1n) is 5.97. The average molecular weight is 275 g/mol. The highest BCUT2D eigenvalue weighted by Crippen LogP contribution is 2.21. The van der Waals surface area contributed by atoms with Crippen LogP contribution in [-0.2, 0) is 0 Å². The molecule has 0 aliphatic carbocycles. The maximum absolute atomic E-state index is 12.4. The topological polar surface area (TPSA) is 33.2 Å². The molecule has 0 aliphatic rings. The molecule has 1 amide bonds. The fourth-order valence-corrected chi connectivity index (χ4v) is 2.25. The van der Waals surface area contributed by atoms with Crippen LogP contribution in [0.2, 0.25) is 5.15 Å². The maximum Gasteiger partial charge on any atom is 0.258 e. The number of aryl methyl sites for hydroxylation is 2. The second-order valence-electron chi connectivity index (χ2n) is 4.47. The highest BCUT2D eigenvalue weighted by molar-refractivity contribution is 6.29. The number of hydrogen-bond donors (Lipinski definition) is 0. The molecule has 2 rings (SSSR count). The monoisotopic (exact) mass is 274 g/mol. The van der Waals surface area contributed by atoms with E-state index in [1.54, 1.807) is 24.1 Å². The smallest absolute Gasteiger partial charge is 0.258 e. The van der Waals surface area contributed by atoms with Gasteiger partial charge in [0.2, 0.25) is 0 Å². The third kappa shape index (κ3) is 2.93. The van der Waals surface area contributed by atoms with Gasteiger partial charge in [-0.25, -0.2) is 4.98 Å². The Kier molecular flexibility index (Phi) is 3.86. The number of para-hydroxylation sites is 1. The van der Waals surface area contributed by atoms with E-state index in [2.05, 4.69) is 4.98 Å². The van der Waals surface area contributed by atoms with Gasteiger partial charge in [-0.15, -0.1) is 0 Å². The van der Waals surface area contributed by atoms with E-state index in [0.29, 0.717) is 10.7 Å². The molecule has 3 nitrogen and oxygen atoms in total. The van der Waals surface area contributed by atoms with Crippen LogP contribution >= 0.6 is 11.6 Å². The molecule has 0 saturated carbocycles. The SMILES string of the molecule is Cc1cc(C(=O)N(C)c2ccccc2C)cc(Cl)n1. The number of rotatable bonds is 2.